The number of unbranched alkanes of at least 4 members (excludes halogenated alkanes) is 2. The first-order valence-corrected chi connectivity index (χ1v) is 7.35. The van der Waals surface area contributed by atoms with E-state index >= 15 is 0 Å². The Morgan fingerprint density at radius 3 is 2.75 bits per heavy atom. The van der Waals surface area contributed by atoms with Gasteiger partial charge in [-0.3, -0.25) is 4.79 Å². The van der Waals surface area contributed by atoms with E-state index in [1.165, 1.54) is 17.9 Å². The fraction of sp³-hybridized carbons (Fsp3) is 0.917. The van der Waals surface area contributed by atoms with Gasteiger partial charge in [-0.05, 0) is 44.2 Å². The molecule has 0 aromatic carbocycles. The molecule has 16 heavy (non-hydrogen) atoms. The average molecular weight is 247 g/mol. The van der Waals surface area contributed by atoms with E-state index in [4.69, 9.17) is 5.11 Å². The molecule has 0 saturated carbocycles. The first kappa shape index (κ1) is 15.8. The van der Waals surface area contributed by atoms with Crippen molar-refractivity contribution in [3.8, 4) is 0 Å². The lowest BCUT2D eigenvalue weighted by Crippen LogP contribution is -2.27. The number of rotatable bonds is 11. The van der Waals surface area contributed by atoms with Gasteiger partial charge in [0.1, 0.15) is 0 Å². The van der Waals surface area contributed by atoms with Gasteiger partial charge < -0.3 is 10.4 Å². The van der Waals surface area contributed by atoms with Gasteiger partial charge in [0.2, 0.25) is 0 Å². The fourth-order valence-electron chi connectivity index (χ4n) is 1.43. The summed E-state index contributed by atoms with van der Waals surface area (Å²) in [5.74, 6) is 1.74. The summed E-state index contributed by atoms with van der Waals surface area (Å²) in [6.45, 7) is 5.41. The van der Waals surface area contributed by atoms with E-state index in [1.54, 1.807) is 0 Å². The average Bonchev–Trinajstić information content (AvgIpc) is 2.23. The third-order valence-corrected chi connectivity index (χ3v) is 3.39. The standard InChI is InChI=1S/C12H25NO2S/c1-3-16-10-8-11(2)13-9-6-4-5-7-12(14)15/h11,13H,3-10H2,1-2H3,(H,14,15). The molecule has 0 spiro atoms. The summed E-state index contributed by atoms with van der Waals surface area (Å²) in [6, 6.07) is 0.582. The molecule has 2 N–H and O–H groups in total. The highest BCUT2D eigenvalue weighted by Gasteiger charge is 2.00. The van der Waals surface area contributed by atoms with E-state index in [1.807, 2.05) is 11.8 Å². The van der Waals surface area contributed by atoms with Gasteiger partial charge in [0, 0.05) is 12.5 Å². The zero-order valence-electron chi connectivity index (χ0n) is 10.5. The minimum absolute atomic E-state index is 0.308. The van der Waals surface area contributed by atoms with E-state index < -0.39 is 5.97 Å². The Morgan fingerprint density at radius 1 is 1.38 bits per heavy atom. The molecule has 1 unspecified atom stereocenters. The van der Waals surface area contributed by atoms with Crippen molar-refractivity contribution in [2.45, 2.75) is 52.0 Å². The van der Waals surface area contributed by atoms with Gasteiger partial charge in [-0.25, -0.2) is 0 Å². The molecule has 0 rings (SSSR count). The molecular weight excluding hydrogens is 222 g/mol. The van der Waals surface area contributed by atoms with Crippen LogP contribution in [0.2, 0.25) is 0 Å². The van der Waals surface area contributed by atoms with Gasteiger partial charge in [-0.1, -0.05) is 13.3 Å². The molecule has 0 aliphatic heterocycles. The number of nitrogens with one attached hydrogen (secondary N) is 1. The Bertz CT molecular complexity index is 176. The molecule has 0 heterocycles. The zero-order valence-corrected chi connectivity index (χ0v) is 11.3. The van der Waals surface area contributed by atoms with Crippen LogP contribution in [0.1, 0.15) is 46.0 Å². The van der Waals surface area contributed by atoms with Gasteiger partial charge in [0.15, 0.2) is 0 Å². The maximum atomic E-state index is 10.3. The maximum absolute atomic E-state index is 10.3. The van der Waals surface area contributed by atoms with Crippen LogP contribution in [0, 0.1) is 0 Å². The molecule has 0 aliphatic rings. The molecule has 0 aliphatic carbocycles. The van der Waals surface area contributed by atoms with Gasteiger partial charge in [-0.15, -0.1) is 0 Å². The van der Waals surface area contributed by atoms with Crippen molar-refractivity contribution >= 4 is 17.7 Å². The predicted octanol–water partition coefficient (Wildman–Crippen LogP) is 2.75. The smallest absolute Gasteiger partial charge is 0.303 e. The summed E-state index contributed by atoms with van der Waals surface area (Å²) in [4.78, 5) is 10.3. The van der Waals surface area contributed by atoms with Gasteiger partial charge in [-0.2, -0.15) is 11.8 Å². The summed E-state index contributed by atoms with van der Waals surface area (Å²) in [5, 5.41) is 11.9. The monoisotopic (exact) mass is 247 g/mol. The number of hydrogen-bond donors (Lipinski definition) is 2. The van der Waals surface area contributed by atoms with Crippen molar-refractivity contribution in [3.05, 3.63) is 0 Å². The molecule has 0 aromatic heterocycles. The summed E-state index contributed by atoms with van der Waals surface area (Å²) in [5.41, 5.74) is 0. The van der Waals surface area contributed by atoms with E-state index in [0.29, 0.717) is 12.5 Å². The van der Waals surface area contributed by atoms with Crippen molar-refractivity contribution in [1.29, 1.82) is 0 Å². The van der Waals surface area contributed by atoms with Crippen LogP contribution in [0.25, 0.3) is 0 Å². The van der Waals surface area contributed by atoms with Crippen molar-refractivity contribution in [3.63, 3.8) is 0 Å². The Balaban J connectivity index is 3.14. The van der Waals surface area contributed by atoms with Crippen LogP contribution in [0.15, 0.2) is 0 Å². The topological polar surface area (TPSA) is 49.3 Å². The second kappa shape index (κ2) is 11.3. The van der Waals surface area contributed by atoms with Crippen LogP contribution < -0.4 is 5.32 Å². The van der Waals surface area contributed by atoms with Crippen molar-refractivity contribution in [2.24, 2.45) is 0 Å². The molecule has 4 heteroatoms. The van der Waals surface area contributed by atoms with Crippen LogP contribution in [0.3, 0.4) is 0 Å². The molecule has 0 radical (unpaired) electrons. The lowest BCUT2D eigenvalue weighted by Gasteiger charge is -2.12. The number of carboxylic acid groups (broad SMARTS) is 1. The number of hydrogen-bond acceptors (Lipinski definition) is 3. The number of thioether (sulfide) groups is 1. The SMILES string of the molecule is CCSCCC(C)NCCCCCC(=O)O. The molecule has 0 amide bonds. The highest BCUT2D eigenvalue weighted by molar-refractivity contribution is 7.99. The minimum atomic E-state index is -0.682. The zero-order chi connectivity index (χ0) is 12.2. The van der Waals surface area contributed by atoms with E-state index in [0.717, 1.165) is 25.8 Å². The number of carboxylic acids is 1. The van der Waals surface area contributed by atoms with E-state index in [9.17, 15) is 4.79 Å². The molecule has 96 valence electrons. The third-order valence-electron chi connectivity index (χ3n) is 2.46. The van der Waals surface area contributed by atoms with Crippen molar-refractivity contribution < 1.29 is 9.90 Å². The third kappa shape index (κ3) is 11.9. The Hall–Kier alpha value is -0.220. The normalized spacial score (nSPS) is 12.6. The molecule has 3 nitrogen and oxygen atoms in total. The molecular formula is C12H25NO2S. The number of aliphatic carboxylic acids is 1. The molecule has 0 aromatic rings. The van der Waals surface area contributed by atoms with Crippen LogP contribution >= 0.6 is 11.8 Å². The van der Waals surface area contributed by atoms with Gasteiger partial charge in [0.25, 0.3) is 0 Å². The second-order valence-electron chi connectivity index (χ2n) is 4.05. The highest BCUT2D eigenvalue weighted by Crippen LogP contribution is 2.04. The van der Waals surface area contributed by atoms with Crippen LogP contribution in [0.5, 0.6) is 0 Å². The summed E-state index contributed by atoms with van der Waals surface area (Å²) in [6.07, 6.45) is 4.42. The van der Waals surface area contributed by atoms with Crippen LogP contribution in [-0.2, 0) is 4.79 Å². The van der Waals surface area contributed by atoms with Gasteiger partial charge in [0.05, 0.1) is 0 Å². The lowest BCUT2D eigenvalue weighted by molar-refractivity contribution is -0.137. The minimum Gasteiger partial charge on any atom is -0.481 e. The highest BCUT2D eigenvalue weighted by atomic mass is 32.2. The quantitative estimate of drug-likeness (QED) is 0.551. The fourth-order valence-corrected chi connectivity index (χ4v) is 2.24. The van der Waals surface area contributed by atoms with E-state index in [-0.39, 0.29) is 0 Å². The Kier molecular flexibility index (Phi) is 11.1. The largest absolute Gasteiger partial charge is 0.481 e. The second-order valence-corrected chi connectivity index (χ2v) is 5.44. The van der Waals surface area contributed by atoms with E-state index in [2.05, 4.69) is 19.2 Å². The van der Waals surface area contributed by atoms with Crippen molar-refractivity contribution in [1.82, 2.24) is 5.32 Å². The first-order chi connectivity index (χ1) is 7.66. The lowest BCUT2D eigenvalue weighted by atomic mass is 10.2. The summed E-state index contributed by atoms with van der Waals surface area (Å²) < 4.78 is 0. The predicted molar refractivity (Wildman–Crippen MR) is 71.2 cm³/mol. The Labute approximate surface area is 103 Å². The molecule has 1 atom stereocenters. The van der Waals surface area contributed by atoms with Gasteiger partial charge >= 0.3 is 5.97 Å². The van der Waals surface area contributed by atoms with Crippen LogP contribution in [0.4, 0.5) is 0 Å². The molecule has 0 saturated heterocycles. The molecule has 0 fully saturated rings. The van der Waals surface area contributed by atoms with Crippen molar-refractivity contribution in [2.75, 3.05) is 18.1 Å². The number of carbonyl (C=O) groups is 1. The first-order valence-electron chi connectivity index (χ1n) is 6.19. The summed E-state index contributed by atoms with van der Waals surface area (Å²) >= 11 is 1.98. The molecule has 0 bridgehead atoms. The Morgan fingerprint density at radius 2 is 2.12 bits per heavy atom. The maximum Gasteiger partial charge on any atom is 0.303 e. The van der Waals surface area contributed by atoms with Crippen LogP contribution in [-0.4, -0.2) is 35.2 Å². The summed E-state index contributed by atoms with van der Waals surface area (Å²) in [7, 11) is 0.